The number of hydrogen-bond donors (Lipinski definition) is 1. The molecular formula is C14H33IN4. The van der Waals surface area contributed by atoms with E-state index in [2.05, 4.69) is 42.5 Å². The average molecular weight is 384 g/mol. The largest absolute Gasteiger partial charge is 0.370 e. The molecule has 0 fully saturated rings. The molecule has 0 aromatic carbocycles. The third kappa shape index (κ3) is 10.4. The van der Waals surface area contributed by atoms with Crippen molar-refractivity contribution in [2.45, 2.75) is 47.0 Å². The van der Waals surface area contributed by atoms with Crippen LogP contribution in [-0.4, -0.2) is 55.0 Å². The summed E-state index contributed by atoms with van der Waals surface area (Å²) in [4.78, 5) is 9.06. The quantitative estimate of drug-likeness (QED) is 0.273. The molecule has 0 aromatic rings. The Kier molecular flexibility index (Phi) is 16.1. The highest BCUT2D eigenvalue weighted by molar-refractivity contribution is 14.0. The minimum Gasteiger partial charge on any atom is -0.370 e. The Hall–Kier alpha value is -0.0400. The maximum atomic E-state index is 5.94. The van der Waals surface area contributed by atoms with Gasteiger partial charge in [0.15, 0.2) is 5.96 Å². The van der Waals surface area contributed by atoms with Crippen LogP contribution in [0.3, 0.4) is 0 Å². The molecule has 0 rings (SSSR count). The van der Waals surface area contributed by atoms with Gasteiger partial charge in [0.25, 0.3) is 0 Å². The van der Waals surface area contributed by atoms with Gasteiger partial charge < -0.3 is 15.5 Å². The maximum Gasteiger partial charge on any atom is 0.191 e. The van der Waals surface area contributed by atoms with Gasteiger partial charge in [-0.25, -0.2) is 0 Å². The van der Waals surface area contributed by atoms with E-state index >= 15 is 0 Å². The van der Waals surface area contributed by atoms with Crippen LogP contribution in [0.2, 0.25) is 0 Å². The van der Waals surface area contributed by atoms with Crippen molar-refractivity contribution in [1.29, 1.82) is 0 Å². The zero-order valence-electron chi connectivity index (χ0n) is 13.2. The predicted octanol–water partition coefficient (Wildman–Crippen LogP) is 2.77. The normalized spacial score (nSPS) is 11.5. The molecule has 0 heterocycles. The van der Waals surface area contributed by atoms with Crippen LogP contribution in [-0.2, 0) is 0 Å². The van der Waals surface area contributed by atoms with Crippen LogP contribution in [0.4, 0.5) is 0 Å². The van der Waals surface area contributed by atoms with E-state index in [1.54, 1.807) is 0 Å². The lowest BCUT2D eigenvalue weighted by molar-refractivity contribution is 0.273. The van der Waals surface area contributed by atoms with Gasteiger partial charge in [0.2, 0.25) is 0 Å². The lowest BCUT2D eigenvalue weighted by atomic mass is 10.3. The Morgan fingerprint density at radius 1 is 0.947 bits per heavy atom. The van der Waals surface area contributed by atoms with Crippen LogP contribution in [0.1, 0.15) is 47.0 Å². The summed E-state index contributed by atoms with van der Waals surface area (Å²) < 4.78 is 0. The smallest absolute Gasteiger partial charge is 0.191 e. The molecule has 2 N–H and O–H groups in total. The highest BCUT2D eigenvalue weighted by atomic mass is 127. The fourth-order valence-electron chi connectivity index (χ4n) is 2.10. The number of nitrogens with two attached hydrogens (primary N) is 1. The van der Waals surface area contributed by atoms with Crippen LogP contribution in [0, 0.1) is 0 Å². The maximum absolute atomic E-state index is 5.94. The van der Waals surface area contributed by atoms with Gasteiger partial charge in [-0.05, 0) is 52.7 Å². The first-order valence-corrected chi connectivity index (χ1v) is 7.46. The molecule has 5 heteroatoms. The van der Waals surface area contributed by atoms with Crippen molar-refractivity contribution in [2.75, 3.05) is 39.3 Å². The molecule has 19 heavy (non-hydrogen) atoms. The van der Waals surface area contributed by atoms with Gasteiger partial charge in [0.05, 0.1) is 0 Å². The zero-order valence-corrected chi connectivity index (χ0v) is 15.5. The molecule has 0 bridgehead atoms. The fraction of sp³-hybridized carbons (Fsp3) is 0.929. The van der Waals surface area contributed by atoms with E-state index in [0.29, 0.717) is 5.96 Å². The Morgan fingerprint density at radius 3 is 1.89 bits per heavy atom. The first-order chi connectivity index (χ1) is 8.69. The molecule has 0 spiro atoms. The summed E-state index contributed by atoms with van der Waals surface area (Å²) in [6.07, 6.45) is 3.55. The first-order valence-electron chi connectivity index (χ1n) is 7.46. The minimum absolute atomic E-state index is 0. The molecule has 0 amide bonds. The Morgan fingerprint density at radius 2 is 1.47 bits per heavy atom. The van der Waals surface area contributed by atoms with Crippen LogP contribution >= 0.6 is 24.0 Å². The van der Waals surface area contributed by atoms with E-state index in [1.165, 1.54) is 25.9 Å². The standard InChI is InChI=1S/C14H32N4.HI/c1-5-11-17(12-6-2)13-9-10-16-14(15)18(7-3)8-4;/h5-13H2,1-4H3,(H2,15,16);1H. The number of aliphatic imine (C=N–C) groups is 1. The lowest BCUT2D eigenvalue weighted by Crippen LogP contribution is -2.37. The van der Waals surface area contributed by atoms with E-state index in [-0.39, 0.29) is 24.0 Å². The van der Waals surface area contributed by atoms with E-state index in [9.17, 15) is 0 Å². The van der Waals surface area contributed by atoms with Crippen LogP contribution in [0.25, 0.3) is 0 Å². The number of nitrogens with zero attached hydrogens (tertiary/aromatic N) is 3. The second kappa shape index (κ2) is 14.4. The van der Waals surface area contributed by atoms with E-state index in [4.69, 9.17) is 5.73 Å². The van der Waals surface area contributed by atoms with Crippen LogP contribution in [0.5, 0.6) is 0 Å². The minimum atomic E-state index is 0. The van der Waals surface area contributed by atoms with Gasteiger partial charge in [-0.2, -0.15) is 0 Å². The second-order valence-electron chi connectivity index (χ2n) is 4.61. The first kappa shape index (κ1) is 21.3. The Bertz CT molecular complexity index is 211. The summed E-state index contributed by atoms with van der Waals surface area (Å²) in [5, 5.41) is 0. The van der Waals surface area contributed by atoms with Crippen molar-refractivity contribution < 1.29 is 0 Å². The lowest BCUT2D eigenvalue weighted by Gasteiger charge is -2.21. The molecule has 0 aromatic heterocycles. The van der Waals surface area contributed by atoms with Crippen molar-refractivity contribution in [3.8, 4) is 0 Å². The Labute approximate surface area is 136 Å². The van der Waals surface area contributed by atoms with Crippen LogP contribution < -0.4 is 5.73 Å². The number of rotatable bonds is 10. The van der Waals surface area contributed by atoms with Crippen molar-refractivity contribution >= 4 is 29.9 Å². The summed E-state index contributed by atoms with van der Waals surface area (Å²) >= 11 is 0. The van der Waals surface area contributed by atoms with Gasteiger partial charge in [-0.15, -0.1) is 24.0 Å². The van der Waals surface area contributed by atoms with Gasteiger partial charge in [0.1, 0.15) is 0 Å². The van der Waals surface area contributed by atoms with E-state index in [0.717, 1.165) is 32.6 Å². The third-order valence-electron chi connectivity index (χ3n) is 3.07. The monoisotopic (exact) mass is 384 g/mol. The molecule has 0 radical (unpaired) electrons. The molecule has 0 saturated heterocycles. The van der Waals surface area contributed by atoms with Crippen molar-refractivity contribution in [3.05, 3.63) is 0 Å². The summed E-state index contributed by atoms with van der Waals surface area (Å²) in [5.41, 5.74) is 5.94. The highest BCUT2D eigenvalue weighted by Gasteiger charge is 2.03. The molecule has 0 saturated carbocycles. The van der Waals surface area contributed by atoms with E-state index in [1.807, 2.05) is 0 Å². The molecule has 0 unspecified atom stereocenters. The topological polar surface area (TPSA) is 44.9 Å². The second-order valence-corrected chi connectivity index (χ2v) is 4.61. The summed E-state index contributed by atoms with van der Waals surface area (Å²) in [6.45, 7) is 14.9. The van der Waals surface area contributed by atoms with Gasteiger partial charge in [0, 0.05) is 19.6 Å². The number of hydrogen-bond acceptors (Lipinski definition) is 2. The highest BCUT2D eigenvalue weighted by Crippen LogP contribution is 1.97. The van der Waals surface area contributed by atoms with Crippen LogP contribution in [0.15, 0.2) is 4.99 Å². The Balaban J connectivity index is 0. The molecular weight excluding hydrogens is 351 g/mol. The molecule has 0 aliphatic carbocycles. The SMILES string of the molecule is CCCN(CCC)CCCN=C(N)N(CC)CC.I. The molecule has 116 valence electrons. The van der Waals surface area contributed by atoms with Gasteiger partial charge >= 0.3 is 0 Å². The molecule has 4 nitrogen and oxygen atoms in total. The van der Waals surface area contributed by atoms with Crippen molar-refractivity contribution in [2.24, 2.45) is 10.7 Å². The number of halogens is 1. The summed E-state index contributed by atoms with van der Waals surface area (Å²) in [5.74, 6) is 0.692. The van der Waals surface area contributed by atoms with E-state index < -0.39 is 0 Å². The summed E-state index contributed by atoms with van der Waals surface area (Å²) in [7, 11) is 0. The molecule has 0 aliphatic heterocycles. The van der Waals surface area contributed by atoms with Gasteiger partial charge in [-0.1, -0.05) is 13.8 Å². The van der Waals surface area contributed by atoms with Crippen molar-refractivity contribution in [3.63, 3.8) is 0 Å². The predicted molar refractivity (Wildman–Crippen MR) is 96.5 cm³/mol. The zero-order chi connectivity index (χ0) is 13.8. The third-order valence-corrected chi connectivity index (χ3v) is 3.07. The molecule has 0 aliphatic rings. The summed E-state index contributed by atoms with van der Waals surface area (Å²) in [6, 6.07) is 0. The van der Waals surface area contributed by atoms with Crippen molar-refractivity contribution in [1.82, 2.24) is 9.80 Å². The van der Waals surface area contributed by atoms with Gasteiger partial charge in [-0.3, -0.25) is 4.99 Å². The average Bonchev–Trinajstić information content (AvgIpc) is 2.36. The number of guanidine groups is 1. The fourth-order valence-corrected chi connectivity index (χ4v) is 2.10. The molecule has 0 atom stereocenters.